The lowest BCUT2D eigenvalue weighted by Gasteiger charge is -2.22. The summed E-state index contributed by atoms with van der Waals surface area (Å²) in [6, 6.07) is 6.56. The van der Waals surface area contributed by atoms with E-state index >= 15 is 0 Å². The number of hydrogen-bond donors (Lipinski definition) is 0. The highest BCUT2D eigenvalue weighted by Crippen LogP contribution is 2.28. The van der Waals surface area contributed by atoms with Gasteiger partial charge in [-0.3, -0.25) is 0 Å². The molecule has 0 aliphatic rings. The molecule has 0 saturated carbocycles. The molecule has 0 aromatic heterocycles. The molecule has 0 unspecified atom stereocenters. The highest BCUT2D eigenvalue weighted by atomic mass is 79.9. The van der Waals surface area contributed by atoms with Gasteiger partial charge >= 0.3 is 6.18 Å². The van der Waals surface area contributed by atoms with Crippen molar-refractivity contribution in [3.63, 3.8) is 0 Å². The predicted octanol–water partition coefficient (Wildman–Crippen LogP) is 3.32. The molecule has 1 rings (SSSR count). The van der Waals surface area contributed by atoms with Crippen molar-refractivity contribution in [1.82, 2.24) is 0 Å². The Labute approximate surface area is 99.4 Å². The van der Waals surface area contributed by atoms with Crippen LogP contribution in [0.2, 0.25) is 0 Å². The summed E-state index contributed by atoms with van der Waals surface area (Å²) in [6.45, 7) is -1.09. The van der Waals surface area contributed by atoms with E-state index in [0.717, 1.165) is 4.90 Å². The Morgan fingerprint density at radius 3 is 2.56 bits per heavy atom. The van der Waals surface area contributed by atoms with Crippen molar-refractivity contribution in [2.24, 2.45) is 0 Å². The molecule has 86 valence electrons. The summed E-state index contributed by atoms with van der Waals surface area (Å²) in [4.78, 5) is 1.00. The second-order valence-electron chi connectivity index (χ2n) is 3.22. The van der Waals surface area contributed by atoms with Gasteiger partial charge in [-0.15, -0.1) is 0 Å². The first-order valence-corrected chi connectivity index (χ1v) is 5.11. The average Bonchev–Trinajstić information content (AvgIpc) is 2.14. The van der Waals surface area contributed by atoms with Crippen LogP contribution in [0.1, 0.15) is 5.56 Å². The van der Waals surface area contributed by atoms with Gasteiger partial charge in [-0.2, -0.15) is 18.4 Å². The number of nitriles is 1. The maximum Gasteiger partial charge on any atom is 0.405 e. The van der Waals surface area contributed by atoms with Crippen LogP contribution in [0.3, 0.4) is 0 Å². The van der Waals surface area contributed by atoms with Gasteiger partial charge in [0.1, 0.15) is 12.6 Å². The molecule has 0 atom stereocenters. The molecule has 1 aromatic carbocycles. The lowest BCUT2D eigenvalue weighted by molar-refractivity contribution is -0.119. The molecule has 2 nitrogen and oxygen atoms in total. The molecule has 1 aromatic rings. The highest BCUT2D eigenvalue weighted by molar-refractivity contribution is 9.10. The zero-order valence-corrected chi connectivity index (χ0v) is 9.93. The van der Waals surface area contributed by atoms with Crippen LogP contribution in [-0.2, 0) is 0 Å². The van der Waals surface area contributed by atoms with Crippen LogP contribution in [0.25, 0.3) is 0 Å². The van der Waals surface area contributed by atoms with Crippen LogP contribution in [0, 0.1) is 11.3 Å². The number of halogens is 4. The van der Waals surface area contributed by atoms with Crippen molar-refractivity contribution < 1.29 is 13.2 Å². The summed E-state index contributed by atoms with van der Waals surface area (Å²) in [5.74, 6) is 0. The minimum atomic E-state index is -4.29. The van der Waals surface area contributed by atoms with E-state index < -0.39 is 12.7 Å². The minimum absolute atomic E-state index is 0.203. The lowest BCUT2D eigenvalue weighted by Crippen LogP contribution is -2.31. The summed E-state index contributed by atoms with van der Waals surface area (Å²) >= 11 is 3.12. The normalized spacial score (nSPS) is 11.0. The third-order valence-corrected chi connectivity index (χ3v) is 2.59. The maximum atomic E-state index is 12.2. The highest BCUT2D eigenvalue weighted by Gasteiger charge is 2.30. The van der Waals surface area contributed by atoms with Crippen molar-refractivity contribution in [2.45, 2.75) is 6.18 Å². The van der Waals surface area contributed by atoms with E-state index in [2.05, 4.69) is 15.9 Å². The lowest BCUT2D eigenvalue weighted by atomic mass is 10.2. The van der Waals surface area contributed by atoms with Crippen LogP contribution in [0.5, 0.6) is 0 Å². The quantitative estimate of drug-likeness (QED) is 0.836. The van der Waals surface area contributed by atoms with Crippen molar-refractivity contribution in [1.29, 1.82) is 5.26 Å². The summed E-state index contributed by atoms with van der Waals surface area (Å²) < 4.78 is 37.1. The largest absolute Gasteiger partial charge is 0.405 e. The average molecular weight is 293 g/mol. The molecule has 16 heavy (non-hydrogen) atoms. The number of alkyl halides is 3. The first kappa shape index (κ1) is 12.8. The predicted molar refractivity (Wildman–Crippen MR) is 58.2 cm³/mol. The fourth-order valence-corrected chi connectivity index (χ4v) is 1.74. The van der Waals surface area contributed by atoms with E-state index in [1.807, 2.05) is 6.07 Å². The first-order chi connectivity index (χ1) is 7.35. The third kappa shape index (κ3) is 3.14. The Kier molecular flexibility index (Phi) is 3.81. The molecule has 0 heterocycles. The van der Waals surface area contributed by atoms with Gasteiger partial charge in [0.25, 0.3) is 0 Å². The Morgan fingerprint density at radius 1 is 1.44 bits per heavy atom. The van der Waals surface area contributed by atoms with E-state index in [0.29, 0.717) is 4.47 Å². The van der Waals surface area contributed by atoms with Crippen molar-refractivity contribution in [3.05, 3.63) is 28.2 Å². The van der Waals surface area contributed by atoms with E-state index in [1.54, 1.807) is 12.1 Å². The first-order valence-electron chi connectivity index (χ1n) is 4.31. The van der Waals surface area contributed by atoms with Crippen LogP contribution >= 0.6 is 15.9 Å². The van der Waals surface area contributed by atoms with Gasteiger partial charge in [0.15, 0.2) is 0 Å². The molecule has 0 bridgehead atoms. The summed E-state index contributed by atoms with van der Waals surface area (Å²) in [6.07, 6.45) is -4.29. The molecule has 0 radical (unpaired) electrons. The third-order valence-electron chi connectivity index (χ3n) is 1.93. The standard InChI is InChI=1S/C10H8BrF3N2/c1-16(6-10(12,13)14)9-4-2-3-8(11)7(9)5-15/h2-4H,6H2,1H3. The zero-order valence-electron chi connectivity index (χ0n) is 8.35. The summed E-state index contributed by atoms with van der Waals surface area (Å²) in [5.41, 5.74) is 0.462. The van der Waals surface area contributed by atoms with E-state index in [1.165, 1.54) is 13.1 Å². The van der Waals surface area contributed by atoms with Gasteiger partial charge in [0.05, 0.1) is 11.3 Å². The van der Waals surface area contributed by atoms with Gasteiger partial charge in [-0.25, -0.2) is 0 Å². The minimum Gasteiger partial charge on any atom is -0.365 e. The van der Waals surface area contributed by atoms with Crippen molar-refractivity contribution >= 4 is 21.6 Å². The number of anilines is 1. The fraction of sp³-hybridized carbons (Fsp3) is 0.300. The van der Waals surface area contributed by atoms with Gasteiger partial charge in [0.2, 0.25) is 0 Å². The molecule has 0 amide bonds. The van der Waals surface area contributed by atoms with Crippen LogP contribution in [0.15, 0.2) is 22.7 Å². The van der Waals surface area contributed by atoms with Gasteiger partial charge in [-0.05, 0) is 28.1 Å². The van der Waals surface area contributed by atoms with E-state index in [4.69, 9.17) is 5.26 Å². The van der Waals surface area contributed by atoms with E-state index in [-0.39, 0.29) is 11.3 Å². The van der Waals surface area contributed by atoms with Gasteiger partial charge in [-0.1, -0.05) is 6.07 Å². The molecular weight excluding hydrogens is 285 g/mol. The zero-order chi connectivity index (χ0) is 12.3. The van der Waals surface area contributed by atoms with Crippen molar-refractivity contribution in [3.8, 4) is 6.07 Å². The van der Waals surface area contributed by atoms with E-state index in [9.17, 15) is 13.2 Å². The molecule has 0 aliphatic heterocycles. The van der Waals surface area contributed by atoms with Crippen LogP contribution in [-0.4, -0.2) is 19.8 Å². The molecule has 0 aliphatic carbocycles. The second-order valence-corrected chi connectivity index (χ2v) is 4.07. The van der Waals surface area contributed by atoms with Crippen molar-refractivity contribution in [2.75, 3.05) is 18.5 Å². The number of benzene rings is 1. The fourth-order valence-electron chi connectivity index (χ4n) is 1.30. The van der Waals surface area contributed by atoms with Gasteiger partial charge in [0, 0.05) is 11.5 Å². The Balaban J connectivity index is 3.05. The topological polar surface area (TPSA) is 27.0 Å². The smallest absolute Gasteiger partial charge is 0.365 e. The molecule has 0 saturated heterocycles. The molecule has 0 spiro atoms. The molecule has 6 heteroatoms. The Bertz CT molecular complexity index is 423. The van der Waals surface area contributed by atoms with Crippen LogP contribution < -0.4 is 4.90 Å². The van der Waals surface area contributed by atoms with Gasteiger partial charge < -0.3 is 4.90 Å². The second kappa shape index (κ2) is 4.74. The molecular formula is C10H8BrF3N2. The Hall–Kier alpha value is -1.22. The number of nitrogens with zero attached hydrogens (tertiary/aromatic N) is 2. The summed E-state index contributed by atoms with van der Waals surface area (Å²) in [5, 5.41) is 8.86. The molecule has 0 fully saturated rings. The monoisotopic (exact) mass is 292 g/mol. The number of rotatable bonds is 2. The number of hydrogen-bond acceptors (Lipinski definition) is 2. The van der Waals surface area contributed by atoms with Crippen LogP contribution in [0.4, 0.5) is 18.9 Å². The SMILES string of the molecule is CN(CC(F)(F)F)c1cccc(Br)c1C#N. The molecule has 0 N–H and O–H groups in total. The Morgan fingerprint density at radius 2 is 2.06 bits per heavy atom. The maximum absolute atomic E-state index is 12.2. The summed E-state index contributed by atoms with van der Waals surface area (Å²) in [7, 11) is 1.30.